The third-order valence-corrected chi connectivity index (χ3v) is 3.58. The Morgan fingerprint density at radius 3 is 3.12 bits per heavy atom. The van der Waals surface area contributed by atoms with Gasteiger partial charge in [-0.1, -0.05) is 29.2 Å². The largest absolute Gasteiger partial charge is 0.330 e. The molecule has 2 rings (SSSR count). The maximum absolute atomic E-state index is 12.9. The average molecular weight is 266 g/mol. The van der Waals surface area contributed by atoms with Crippen molar-refractivity contribution in [3.05, 3.63) is 30.1 Å². The highest BCUT2D eigenvalue weighted by Gasteiger charge is 2.04. The minimum absolute atomic E-state index is 0.307. The van der Waals surface area contributed by atoms with E-state index >= 15 is 0 Å². The zero-order chi connectivity index (χ0) is 12.1. The van der Waals surface area contributed by atoms with Gasteiger partial charge in [0.1, 0.15) is 5.82 Å². The lowest BCUT2D eigenvalue weighted by Crippen LogP contribution is -1.89. The van der Waals surface area contributed by atoms with Gasteiger partial charge < -0.3 is 5.32 Å². The molecule has 0 atom stereocenters. The number of hydrogen-bond acceptors (Lipinski definition) is 6. The van der Waals surface area contributed by atoms with E-state index in [0.717, 1.165) is 0 Å². The SMILES string of the molecule is N#CCSc1nnc(Nc2cccc(F)c2)s1. The molecule has 0 saturated carbocycles. The summed E-state index contributed by atoms with van der Waals surface area (Å²) in [5, 5.41) is 19.8. The highest BCUT2D eigenvalue weighted by Crippen LogP contribution is 2.27. The molecule has 0 aliphatic heterocycles. The lowest BCUT2D eigenvalue weighted by molar-refractivity contribution is 0.628. The van der Waals surface area contributed by atoms with E-state index in [0.29, 0.717) is 20.9 Å². The van der Waals surface area contributed by atoms with Crippen molar-refractivity contribution in [2.24, 2.45) is 0 Å². The molecule has 0 unspecified atom stereocenters. The van der Waals surface area contributed by atoms with E-state index < -0.39 is 0 Å². The second-order valence-electron chi connectivity index (χ2n) is 2.96. The van der Waals surface area contributed by atoms with Gasteiger partial charge in [-0.25, -0.2) is 4.39 Å². The second-order valence-corrected chi connectivity index (χ2v) is 5.16. The van der Waals surface area contributed by atoms with Crippen LogP contribution in [0.5, 0.6) is 0 Å². The van der Waals surface area contributed by atoms with Crippen molar-refractivity contribution in [3.63, 3.8) is 0 Å². The number of benzene rings is 1. The number of anilines is 2. The Labute approximate surface area is 105 Å². The molecule has 0 spiro atoms. The van der Waals surface area contributed by atoms with Gasteiger partial charge in [0.05, 0.1) is 11.8 Å². The summed E-state index contributed by atoms with van der Waals surface area (Å²) in [7, 11) is 0. The van der Waals surface area contributed by atoms with Crippen LogP contribution in [0.1, 0.15) is 0 Å². The maximum atomic E-state index is 12.9. The fraction of sp³-hybridized carbons (Fsp3) is 0.100. The van der Waals surface area contributed by atoms with Crippen LogP contribution in [0.25, 0.3) is 0 Å². The lowest BCUT2D eigenvalue weighted by atomic mass is 10.3. The number of hydrogen-bond donors (Lipinski definition) is 1. The zero-order valence-corrected chi connectivity index (χ0v) is 10.2. The van der Waals surface area contributed by atoms with Crippen LogP contribution in [-0.4, -0.2) is 16.0 Å². The van der Waals surface area contributed by atoms with Gasteiger partial charge in [0.25, 0.3) is 0 Å². The summed E-state index contributed by atoms with van der Waals surface area (Å²) in [6.45, 7) is 0. The quantitative estimate of drug-likeness (QED) is 0.862. The van der Waals surface area contributed by atoms with Crippen LogP contribution < -0.4 is 5.32 Å². The Kier molecular flexibility index (Phi) is 3.90. The van der Waals surface area contributed by atoms with E-state index in [1.165, 1.54) is 35.2 Å². The molecule has 0 amide bonds. The molecule has 7 heteroatoms. The van der Waals surface area contributed by atoms with E-state index in [1.54, 1.807) is 12.1 Å². The van der Waals surface area contributed by atoms with Crippen LogP contribution in [0.15, 0.2) is 28.6 Å². The summed E-state index contributed by atoms with van der Waals surface area (Å²) in [4.78, 5) is 0. The molecule has 0 radical (unpaired) electrons. The predicted octanol–water partition coefficient (Wildman–Crippen LogP) is 3.04. The number of halogens is 1. The molecular weight excluding hydrogens is 259 g/mol. The van der Waals surface area contributed by atoms with E-state index in [9.17, 15) is 4.39 Å². The van der Waals surface area contributed by atoms with Crippen molar-refractivity contribution in [2.45, 2.75) is 4.34 Å². The first-order valence-electron chi connectivity index (χ1n) is 4.64. The molecule has 0 aliphatic carbocycles. The molecule has 0 saturated heterocycles. The van der Waals surface area contributed by atoms with Crippen molar-refractivity contribution >= 4 is 33.9 Å². The van der Waals surface area contributed by atoms with E-state index in [4.69, 9.17) is 5.26 Å². The first-order valence-corrected chi connectivity index (χ1v) is 6.44. The molecule has 0 fully saturated rings. The number of rotatable bonds is 4. The van der Waals surface area contributed by atoms with Crippen molar-refractivity contribution in [3.8, 4) is 6.07 Å². The number of nitriles is 1. The summed E-state index contributed by atoms with van der Waals surface area (Å²) < 4.78 is 13.6. The molecule has 4 nitrogen and oxygen atoms in total. The molecule has 0 aliphatic rings. The summed E-state index contributed by atoms with van der Waals surface area (Å²) in [6.07, 6.45) is 0. The van der Waals surface area contributed by atoms with Gasteiger partial charge in [0.15, 0.2) is 4.34 Å². The Morgan fingerprint density at radius 1 is 1.47 bits per heavy atom. The zero-order valence-electron chi connectivity index (χ0n) is 8.55. The molecule has 2 aromatic rings. The Hall–Kier alpha value is -1.65. The summed E-state index contributed by atoms with van der Waals surface area (Å²) in [5.41, 5.74) is 0.623. The first kappa shape index (κ1) is 11.8. The van der Waals surface area contributed by atoms with Crippen LogP contribution >= 0.6 is 23.1 Å². The summed E-state index contributed by atoms with van der Waals surface area (Å²) >= 11 is 2.65. The van der Waals surface area contributed by atoms with Crippen LogP contribution in [0.4, 0.5) is 15.2 Å². The molecule has 1 aromatic heterocycles. The average Bonchev–Trinajstić information content (AvgIpc) is 2.74. The standard InChI is InChI=1S/C10H7FN4S2/c11-7-2-1-3-8(6-7)13-9-14-15-10(17-9)16-5-4-12/h1-3,6H,5H2,(H,13,14). The van der Waals surface area contributed by atoms with Crippen molar-refractivity contribution in [1.29, 1.82) is 5.26 Å². The number of nitrogens with one attached hydrogen (secondary N) is 1. The predicted molar refractivity (Wildman–Crippen MR) is 65.9 cm³/mol. The molecule has 1 N–H and O–H groups in total. The van der Waals surface area contributed by atoms with E-state index in [-0.39, 0.29) is 5.82 Å². The van der Waals surface area contributed by atoms with Gasteiger partial charge in [-0.3, -0.25) is 0 Å². The Balaban J connectivity index is 2.04. The number of aromatic nitrogens is 2. The number of thioether (sulfide) groups is 1. The van der Waals surface area contributed by atoms with Crippen molar-refractivity contribution in [2.75, 3.05) is 11.1 Å². The molecule has 17 heavy (non-hydrogen) atoms. The smallest absolute Gasteiger partial charge is 0.210 e. The van der Waals surface area contributed by atoms with Gasteiger partial charge in [-0.15, -0.1) is 10.2 Å². The normalized spacial score (nSPS) is 9.88. The fourth-order valence-electron chi connectivity index (χ4n) is 1.10. The van der Waals surface area contributed by atoms with Gasteiger partial charge in [0, 0.05) is 5.69 Å². The lowest BCUT2D eigenvalue weighted by Gasteiger charge is -2.00. The summed E-state index contributed by atoms with van der Waals surface area (Å²) in [6, 6.07) is 8.13. The highest BCUT2D eigenvalue weighted by atomic mass is 32.2. The molecular formula is C10H7FN4S2. The molecule has 0 bridgehead atoms. The van der Waals surface area contributed by atoms with Gasteiger partial charge in [0.2, 0.25) is 5.13 Å². The van der Waals surface area contributed by atoms with Crippen LogP contribution in [0.2, 0.25) is 0 Å². The van der Waals surface area contributed by atoms with Crippen LogP contribution in [0.3, 0.4) is 0 Å². The fourth-order valence-corrected chi connectivity index (χ4v) is 2.54. The van der Waals surface area contributed by atoms with Crippen LogP contribution in [0, 0.1) is 17.1 Å². The minimum atomic E-state index is -0.307. The van der Waals surface area contributed by atoms with Gasteiger partial charge in [-0.05, 0) is 18.2 Å². The molecule has 1 heterocycles. The van der Waals surface area contributed by atoms with Gasteiger partial charge >= 0.3 is 0 Å². The van der Waals surface area contributed by atoms with Crippen LogP contribution in [-0.2, 0) is 0 Å². The monoisotopic (exact) mass is 266 g/mol. The number of nitrogens with zero attached hydrogens (tertiary/aromatic N) is 3. The minimum Gasteiger partial charge on any atom is -0.330 e. The first-order chi connectivity index (χ1) is 8.28. The van der Waals surface area contributed by atoms with E-state index in [2.05, 4.69) is 15.5 Å². The maximum Gasteiger partial charge on any atom is 0.210 e. The topological polar surface area (TPSA) is 61.6 Å². The Bertz CT molecular complexity index is 549. The molecule has 1 aromatic carbocycles. The highest BCUT2D eigenvalue weighted by molar-refractivity contribution is 8.01. The van der Waals surface area contributed by atoms with Crippen molar-refractivity contribution in [1.82, 2.24) is 10.2 Å². The molecule has 86 valence electrons. The summed E-state index contributed by atoms with van der Waals surface area (Å²) in [5.74, 6) is 0.0350. The second kappa shape index (κ2) is 5.61. The third kappa shape index (κ3) is 3.41. The third-order valence-electron chi connectivity index (χ3n) is 1.74. The van der Waals surface area contributed by atoms with Crippen molar-refractivity contribution < 1.29 is 4.39 Å². The Morgan fingerprint density at radius 2 is 2.35 bits per heavy atom. The van der Waals surface area contributed by atoms with E-state index in [1.807, 2.05) is 6.07 Å². The van der Waals surface area contributed by atoms with Gasteiger partial charge in [-0.2, -0.15) is 5.26 Å².